The minimum absolute atomic E-state index is 0.268. The second-order valence-corrected chi connectivity index (χ2v) is 5.87. The van der Waals surface area contributed by atoms with Gasteiger partial charge in [-0.1, -0.05) is 25.7 Å². The van der Waals surface area contributed by atoms with Crippen LogP contribution in [0.4, 0.5) is 0 Å². The zero-order valence-corrected chi connectivity index (χ0v) is 10.6. The molecule has 2 N–H and O–H groups in total. The van der Waals surface area contributed by atoms with Crippen LogP contribution in [0, 0.1) is 11.3 Å². The van der Waals surface area contributed by atoms with Gasteiger partial charge in [-0.15, -0.1) is 0 Å². The third kappa shape index (κ3) is 2.96. The molecule has 0 aromatic heterocycles. The highest BCUT2D eigenvalue weighted by Crippen LogP contribution is 2.29. The lowest BCUT2D eigenvalue weighted by atomic mass is 9.85. The Bertz CT molecular complexity index is 204. The quantitative estimate of drug-likeness (QED) is 0.745. The van der Waals surface area contributed by atoms with Crippen LogP contribution < -0.4 is 5.73 Å². The Balaban J connectivity index is 1.65. The van der Waals surface area contributed by atoms with Crippen LogP contribution in [-0.2, 0) is 4.74 Å². The minimum atomic E-state index is 0.268. The standard InChI is InChI=1S/C13H26N2O/c1-15(7-6-12-4-2-3-5-12)9-13(8-14)10-16-11-13/h12H,2-11,14H2,1H3. The van der Waals surface area contributed by atoms with E-state index in [0.29, 0.717) is 0 Å². The molecule has 0 aromatic rings. The molecule has 0 unspecified atom stereocenters. The van der Waals surface area contributed by atoms with Crippen molar-refractivity contribution in [3.05, 3.63) is 0 Å². The summed E-state index contributed by atoms with van der Waals surface area (Å²) in [6, 6.07) is 0. The summed E-state index contributed by atoms with van der Waals surface area (Å²) in [7, 11) is 2.23. The van der Waals surface area contributed by atoms with Gasteiger partial charge in [0.2, 0.25) is 0 Å². The third-order valence-electron chi connectivity index (χ3n) is 4.25. The molecule has 2 aliphatic rings. The molecular formula is C13H26N2O. The number of ether oxygens (including phenoxy) is 1. The first-order chi connectivity index (χ1) is 7.74. The van der Waals surface area contributed by atoms with Crippen molar-refractivity contribution in [2.45, 2.75) is 32.1 Å². The molecule has 1 saturated carbocycles. The average Bonchev–Trinajstić information content (AvgIpc) is 2.73. The van der Waals surface area contributed by atoms with Crippen molar-refractivity contribution in [3.8, 4) is 0 Å². The third-order valence-corrected chi connectivity index (χ3v) is 4.25. The molecule has 3 nitrogen and oxygen atoms in total. The van der Waals surface area contributed by atoms with Crippen LogP contribution in [0.5, 0.6) is 0 Å². The molecular weight excluding hydrogens is 200 g/mol. The fraction of sp³-hybridized carbons (Fsp3) is 1.00. The van der Waals surface area contributed by atoms with Gasteiger partial charge in [0.25, 0.3) is 0 Å². The van der Waals surface area contributed by atoms with E-state index in [4.69, 9.17) is 10.5 Å². The minimum Gasteiger partial charge on any atom is -0.380 e. The summed E-state index contributed by atoms with van der Waals surface area (Å²) in [5.74, 6) is 0.994. The first-order valence-corrected chi connectivity index (χ1v) is 6.70. The van der Waals surface area contributed by atoms with Crippen LogP contribution in [0.25, 0.3) is 0 Å². The monoisotopic (exact) mass is 226 g/mol. The summed E-state index contributed by atoms with van der Waals surface area (Å²) in [6.45, 7) is 4.82. The highest BCUT2D eigenvalue weighted by atomic mass is 16.5. The van der Waals surface area contributed by atoms with Crippen LogP contribution in [-0.4, -0.2) is 44.8 Å². The molecule has 3 heteroatoms. The van der Waals surface area contributed by atoms with E-state index in [1.165, 1.54) is 38.6 Å². The maximum Gasteiger partial charge on any atom is 0.0569 e. The van der Waals surface area contributed by atoms with Gasteiger partial charge in [0.05, 0.1) is 13.2 Å². The SMILES string of the molecule is CN(CCC1CCCC1)CC1(CN)COC1. The van der Waals surface area contributed by atoms with Crippen molar-refractivity contribution < 1.29 is 4.74 Å². The normalized spacial score (nSPS) is 24.9. The van der Waals surface area contributed by atoms with E-state index in [0.717, 1.165) is 32.2 Å². The zero-order chi connectivity index (χ0) is 11.4. The topological polar surface area (TPSA) is 38.5 Å². The predicted molar refractivity (Wildman–Crippen MR) is 66.4 cm³/mol. The maximum atomic E-state index is 5.83. The predicted octanol–water partition coefficient (Wildman–Crippen LogP) is 1.47. The second-order valence-electron chi connectivity index (χ2n) is 5.87. The van der Waals surface area contributed by atoms with Crippen molar-refractivity contribution in [2.24, 2.45) is 17.1 Å². The Labute approximate surface area is 99.3 Å². The summed E-state index contributed by atoms with van der Waals surface area (Å²) < 4.78 is 5.30. The van der Waals surface area contributed by atoms with Crippen LogP contribution in [0.1, 0.15) is 32.1 Å². The number of hydrogen-bond donors (Lipinski definition) is 1. The number of rotatable bonds is 6. The fourth-order valence-electron chi connectivity index (χ4n) is 3.02. The van der Waals surface area contributed by atoms with Crippen molar-refractivity contribution >= 4 is 0 Å². The molecule has 1 aliphatic heterocycles. The Morgan fingerprint density at radius 1 is 1.31 bits per heavy atom. The first kappa shape index (κ1) is 12.3. The lowest BCUT2D eigenvalue weighted by Gasteiger charge is -2.43. The summed E-state index contributed by atoms with van der Waals surface area (Å²) >= 11 is 0. The summed E-state index contributed by atoms with van der Waals surface area (Å²) in [4.78, 5) is 2.45. The van der Waals surface area contributed by atoms with Crippen LogP contribution in [0.3, 0.4) is 0 Å². The average molecular weight is 226 g/mol. The van der Waals surface area contributed by atoms with E-state index in [9.17, 15) is 0 Å². The van der Waals surface area contributed by atoms with Gasteiger partial charge in [-0.3, -0.25) is 0 Å². The van der Waals surface area contributed by atoms with Crippen LogP contribution in [0.2, 0.25) is 0 Å². The zero-order valence-electron chi connectivity index (χ0n) is 10.6. The molecule has 0 bridgehead atoms. The van der Waals surface area contributed by atoms with Gasteiger partial charge in [-0.25, -0.2) is 0 Å². The lowest BCUT2D eigenvalue weighted by molar-refractivity contribution is -0.118. The van der Waals surface area contributed by atoms with Gasteiger partial charge in [-0.05, 0) is 25.9 Å². The molecule has 0 aromatic carbocycles. The molecule has 0 atom stereocenters. The summed E-state index contributed by atoms with van der Waals surface area (Å²) in [5, 5.41) is 0. The van der Waals surface area contributed by atoms with Crippen molar-refractivity contribution in [1.29, 1.82) is 0 Å². The van der Waals surface area contributed by atoms with Gasteiger partial charge in [0.1, 0.15) is 0 Å². The molecule has 1 aliphatic carbocycles. The highest BCUT2D eigenvalue weighted by Gasteiger charge is 2.38. The molecule has 1 heterocycles. The molecule has 16 heavy (non-hydrogen) atoms. The van der Waals surface area contributed by atoms with E-state index in [1.54, 1.807) is 0 Å². The molecule has 0 radical (unpaired) electrons. The largest absolute Gasteiger partial charge is 0.380 e. The Morgan fingerprint density at radius 3 is 2.50 bits per heavy atom. The molecule has 1 saturated heterocycles. The molecule has 2 rings (SSSR count). The van der Waals surface area contributed by atoms with Gasteiger partial charge in [0, 0.05) is 18.5 Å². The first-order valence-electron chi connectivity index (χ1n) is 6.70. The van der Waals surface area contributed by atoms with E-state index in [1.807, 2.05) is 0 Å². The number of nitrogens with two attached hydrogens (primary N) is 1. The van der Waals surface area contributed by atoms with E-state index in [2.05, 4.69) is 11.9 Å². The number of nitrogens with zero attached hydrogens (tertiary/aromatic N) is 1. The van der Waals surface area contributed by atoms with Crippen molar-refractivity contribution in [1.82, 2.24) is 4.90 Å². The van der Waals surface area contributed by atoms with Crippen LogP contribution >= 0.6 is 0 Å². The Hall–Kier alpha value is -0.120. The van der Waals surface area contributed by atoms with Gasteiger partial charge >= 0.3 is 0 Å². The van der Waals surface area contributed by atoms with Gasteiger partial charge in [-0.2, -0.15) is 0 Å². The second kappa shape index (κ2) is 5.48. The highest BCUT2D eigenvalue weighted by molar-refractivity contribution is 4.89. The summed E-state index contributed by atoms with van der Waals surface area (Å²) in [5.41, 5.74) is 6.10. The molecule has 0 spiro atoms. The molecule has 0 amide bonds. The van der Waals surface area contributed by atoms with E-state index in [-0.39, 0.29) is 5.41 Å². The Kier molecular flexibility index (Phi) is 4.22. The smallest absolute Gasteiger partial charge is 0.0569 e. The van der Waals surface area contributed by atoms with E-state index < -0.39 is 0 Å². The van der Waals surface area contributed by atoms with Crippen molar-refractivity contribution in [3.63, 3.8) is 0 Å². The van der Waals surface area contributed by atoms with Gasteiger partial charge < -0.3 is 15.4 Å². The fourth-order valence-corrected chi connectivity index (χ4v) is 3.02. The van der Waals surface area contributed by atoms with Gasteiger partial charge in [0.15, 0.2) is 0 Å². The van der Waals surface area contributed by atoms with Crippen molar-refractivity contribution in [2.75, 3.05) is 39.9 Å². The maximum absolute atomic E-state index is 5.83. The van der Waals surface area contributed by atoms with Crippen LogP contribution in [0.15, 0.2) is 0 Å². The van der Waals surface area contributed by atoms with E-state index >= 15 is 0 Å². The summed E-state index contributed by atoms with van der Waals surface area (Å²) in [6.07, 6.45) is 7.19. The lowest BCUT2D eigenvalue weighted by Crippen LogP contribution is -2.54. The Morgan fingerprint density at radius 2 is 2.00 bits per heavy atom. The molecule has 94 valence electrons. The molecule has 2 fully saturated rings. The number of hydrogen-bond acceptors (Lipinski definition) is 3.